The van der Waals surface area contributed by atoms with Crippen LogP contribution in [0.1, 0.15) is 118 Å². The number of aryl methyl sites for hydroxylation is 2. The summed E-state index contributed by atoms with van der Waals surface area (Å²) >= 11 is 0. The molecule has 1 aliphatic rings. The SMILES string of the molecule is C=C(C)NC(=C)C1(C)Cc2ccc(CC)cc2C1.C=CN.CC.CCC.CCCC(C)C.CCc1ccccc1. The molecule has 0 bridgehead atoms. The van der Waals surface area contributed by atoms with Gasteiger partial charge in [0.05, 0.1) is 0 Å². The van der Waals surface area contributed by atoms with Gasteiger partial charge < -0.3 is 11.1 Å². The van der Waals surface area contributed by atoms with Gasteiger partial charge in [-0.2, -0.15) is 0 Å². The minimum atomic E-state index is 0.119. The first-order valence-electron chi connectivity index (χ1n) is 15.6. The second kappa shape index (κ2) is 26.5. The molecule has 40 heavy (non-hydrogen) atoms. The molecule has 228 valence electrons. The van der Waals surface area contributed by atoms with Crippen LogP contribution in [0, 0.1) is 11.3 Å². The van der Waals surface area contributed by atoms with Crippen molar-refractivity contribution in [2.75, 3.05) is 0 Å². The van der Waals surface area contributed by atoms with Gasteiger partial charge in [0.15, 0.2) is 0 Å². The van der Waals surface area contributed by atoms with Crippen molar-refractivity contribution < 1.29 is 0 Å². The molecule has 2 aromatic carbocycles. The van der Waals surface area contributed by atoms with E-state index >= 15 is 0 Å². The highest BCUT2D eigenvalue weighted by molar-refractivity contribution is 5.40. The van der Waals surface area contributed by atoms with Crippen LogP contribution in [0.15, 0.2) is 85.9 Å². The van der Waals surface area contributed by atoms with Crippen molar-refractivity contribution >= 4 is 0 Å². The number of hydrogen-bond acceptors (Lipinski definition) is 2. The molecule has 0 amide bonds. The van der Waals surface area contributed by atoms with E-state index in [1.165, 1.54) is 47.7 Å². The summed E-state index contributed by atoms with van der Waals surface area (Å²) < 4.78 is 0. The van der Waals surface area contributed by atoms with E-state index in [4.69, 9.17) is 0 Å². The molecular formula is C38H66N2. The van der Waals surface area contributed by atoms with Gasteiger partial charge in [0.25, 0.3) is 0 Å². The first-order valence-corrected chi connectivity index (χ1v) is 15.6. The highest BCUT2D eigenvalue weighted by Crippen LogP contribution is 2.41. The predicted octanol–water partition coefficient (Wildman–Crippen LogP) is 11.2. The van der Waals surface area contributed by atoms with Gasteiger partial charge in [-0.1, -0.05) is 157 Å². The number of allylic oxidation sites excluding steroid dienone is 2. The second-order valence-electron chi connectivity index (χ2n) is 10.7. The lowest BCUT2D eigenvalue weighted by molar-refractivity contribution is 0.404. The quantitative estimate of drug-likeness (QED) is 0.360. The standard InChI is InChI=1S/C17H23N.C8H10.C6H14.C3H8.C2H5N.C2H6/c1-6-14-7-8-15-10-17(5,11-16(15)9-14)13(4)18-12(2)3;1-2-8-6-4-3-5-7-8;1-4-5-6(2)3;1-3-2;1-2-3;1-2/h7-9,18H,2,4,6,10-11H2,1,3,5H3;3-7H,2H2,1H3;6H,4-5H2,1-3H3;3H2,1-2H3;2H,1,3H2;1-2H3. The van der Waals surface area contributed by atoms with Crippen molar-refractivity contribution in [3.05, 3.63) is 108 Å². The zero-order valence-electron chi connectivity index (χ0n) is 28.4. The molecule has 0 fully saturated rings. The van der Waals surface area contributed by atoms with Crippen LogP contribution in [-0.2, 0) is 25.7 Å². The zero-order chi connectivity index (χ0) is 31.6. The molecule has 3 N–H and O–H groups in total. The topological polar surface area (TPSA) is 38.0 Å². The summed E-state index contributed by atoms with van der Waals surface area (Å²) in [6.45, 7) is 34.9. The fourth-order valence-corrected chi connectivity index (χ4v) is 4.05. The van der Waals surface area contributed by atoms with Gasteiger partial charge in [-0.05, 0) is 67.0 Å². The average molecular weight is 551 g/mol. The second-order valence-corrected chi connectivity index (χ2v) is 10.7. The molecule has 2 nitrogen and oxygen atoms in total. The average Bonchev–Trinajstić information content (AvgIpc) is 3.28. The van der Waals surface area contributed by atoms with E-state index in [0.29, 0.717) is 0 Å². The summed E-state index contributed by atoms with van der Waals surface area (Å²) in [6.07, 6.45) is 9.61. The lowest BCUT2D eigenvalue weighted by Gasteiger charge is -2.27. The Bertz CT molecular complexity index is 895. The van der Waals surface area contributed by atoms with E-state index in [2.05, 4.69) is 129 Å². The molecule has 1 atom stereocenters. The predicted molar refractivity (Wildman–Crippen MR) is 186 cm³/mol. The van der Waals surface area contributed by atoms with E-state index in [-0.39, 0.29) is 5.41 Å². The van der Waals surface area contributed by atoms with Gasteiger partial charge in [-0.3, -0.25) is 0 Å². The van der Waals surface area contributed by atoms with Gasteiger partial charge in [0, 0.05) is 16.8 Å². The highest BCUT2D eigenvalue weighted by Gasteiger charge is 2.35. The molecule has 0 aromatic heterocycles. The van der Waals surface area contributed by atoms with E-state index in [0.717, 1.165) is 43.0 Å². The fraction of sp³-hybridized carbons (Fsp3) is 0.526. The third-order valence-electron chi connectivity index (χ3n) is 6.05. The third-order valence-corrected chi connectivity index (χ3v) is 6.05. The smallest absolute Gasteiger partial charge is 0.0150 e. The van der Waals surface area contributed by atoms with Crippen molar-refractivity contribution in [2.45, 2.75) is 121 Å². The Kier molecular flexibility index (Phi) is 27.6. The van der Waals surface area contributed by atoms with Crippen molar-refractivity contribution in [2.24, 2.45) is 17.1 Å². The van der Waals surface area contributed by atoms with Crippen LogP contribution in [0.25, 0.3) is 0 Å². The Balaban J connectivity index is -0.000000516. The maximum atomic E-state index is 4.61. The van der Waals surface area contributed by atoms with Gasteiger partial charge in [-0.25, -0.2) is 0 Å². The zero-order valence-corrected chi connectivity index (χ0v) is 28.4. The van der Waals surface area contributed by atoms with Gasteiger partial charge in [0.2, 0.25) is 0 Å². The third kappa shape index (κ3) is 20.2. The Morgan fingerprint density at radius 1 is 0.900 bits per heavy atom. The summed E-state index contributed by atoms with van der Waals surface area (Å²) in [6, 6.07) is 17.3. The lowest BCUT2D eigenvalue weighted by atomic mass is 9.84. The van der Waals surface area contributed by atoms with E-state index in [1.54, 1.807) is 0 Å². The molecule has 0 saturated carbocycles. The first-order chi connectivity index (χ1) is 19.0. The number of nitrogens with two attached hydrogens (primary N) is 1. The number of hydrogen-bond donors (Lipinski definition) is 2. The first kappa shape index (κ1) is 41.7. The Labute approximate surface area is 251 Å². The molecular weight excluding hydrogens is 484 g/mol. The molecule has 0 radical (unpaired) electrons. The van der Waals surface area contributed by atoms with E-state index < -0.39 is 0 Å². The molecule has 2 heteroatoms. The van der Waals surface area contributed by atoms with Crippen molar-refractivity contribution in [1.29, 1.82) is 0 Å². The van der Waals surface area contributed by atoms with Crippen LogP contribution in [-0.4, -0.2) is 0 Å². The Morgan fingerprint density at radius 3 is 1.73 bits per heavy atom. The molecule has 0 saturated heterocycles. The van der Waals surface area contributed by atoms with Crippen LogP contribution in [0.5, 0.6) is 0 Å². The van der Waals surface area contributed by atoms with E-state index in [9.17, 15) is 0 Å². The summed E-state index contributed by atoms with van der Waals surface area (Å²) in [5.74, 6) is 0.898. The number of nitrogens with one attached hydrogen (secondary N) is 1. The normalized spacial score (nSPS) is 13.9. The molecule has 0 aliphatic heterocycles. The van der Waals surface area contributed by atoms with Crippen LogP contribution in [0.3, 0.4) is 0 Å². The van der Waals surface area contributed by atoms with Gasteiger partial charge in [-0.15, -0.1) is 0 Å². The summed E-state index contributed by atoms with van der Waals surface area (Å²) in [7, 11) is 0. The number of benzene rings is 2. The largest absolute Gasteiger partial charge is 0.405 e. The van der Waals surface area contributed by atoms with E-state index in [1.807, 2.05) is 26.8 Å². The highest BCUT2D eigenvalue weighted by atomic mass is 14.9. The maximum absolute atomic E-state index is 4.61. The van der Waals surface area contributed by atoms with Crippen molar-refractivity contribution in [3.63, 3.8) is 0 Å². The lowest BCUT2D eigenvalue weighted by Crippen LogP contribution is -2.28. The van der Waals surface area contributed by atoms with Crippen LogP contribution < -0.4 is 11.1 Å². The Hall–Kier alpha value is -2.74. The molecule has 0 heterocycles. The number of rotatable bonds is 7. The molecule has 1 unspecified atom stereocenters. The van der Waals surface area contributed by atoms with Crippen LogP contribution in [0.2, 0.25) is 0 Å². The van der Waals surface area contributed by atoms with Crippen LogP contribution in [0.4, 0.5) is 0 Å². The Morgan fingerprint density at radius 2 is 1.38 bits per heavy atom. The number of fused-ring (bicyclic) bond motifs is 1. The molecule has 2 aromatic rings. The van der Waals surface area contributed by atoms with Crippen molar-refractivity contribution in [3.8, 4) is 0 Å². The summed E-state index contributed by atoms with van der Waals surface area (Å²) in [5, 5.41) is 3.30. The maximum Gasteiger partial charge on any atom is 0.0150 e. The molecule has 3 rings (SSSR count). The summed E-state index contributed by atoms with van der Waals surface area (Å²) in [4.78, 5) is 0. The van der Waals surface area contributed by atoms with Gasteiger partial charge in [0.1, 0.15) is 0 Å². The van der Waals surface area contributed by atoms with Crippen LogP contribution >= 0.6 is 0 Å². The summed E-state index contributed by atoms with van der Waals surface area (Å²) in [5.41, 5.74) is 12.6. The molecule has 0 spiro atoms. The molecule has 1 aliphatic carbocycles. The monoisotopic (exact) mass is 551 g/mol. The van der Waals surface area contributed by atoms with Gasteiger partial charge >= 0.3 is 0 Å². The minimum Gasteiger partial charge on any atom is -0.405 e. The minimum absolute atomic E-state index is 0.119. The fourth-order valence-electron chi connectivity index (χ4n) is 4.05. The van der Waals surface area contributed by atoms with Crippen molar-refractivity contribution in [1.82, 2.24) is 5.32 Å².